The number of aromatic nitrogens is 3. The number of benzene rings is 2. The maximum absolute atomic E-state index is 13.9. The van der Waals surface area contributed by atoms with Gasteiger partial charge < -0.3 is 9.88 Å². The van der Waals surface area contributed by atoms with Gasteiger partial charge >= 0.3 is 5.56 Å². The van der Waals surface area contributed by atoms with Gasteiger partial charge in [0.15, 0.2) is 11.6 Å². The number of nitrogens with zero attached hydrogens (tertiary/aromatic N) is 3. The van der Waals surface area contributed by atoms with Crippen molar-refractivity contribution in [2.45, 2.75) is 20.4 Å². The van der Waals surface area contributed by atoms with E-state index in [2.05, 4.69) is 15.3 Å². The summed E-state index contributed by atoms with van der Waals surface area (Å²) in [5, 5.41) is 3.98. The van der Waals surface area contributed by atoms with E-state index in [4.69, 9.17) is 0 Å². The second kappa shape index (κ2) is 7.32. The molecule has 5 nitrogen and oxygen atoms in total. The first-order chi connectivity index (χ1) is 13.8. The topological polar surface area (TPSA) is 59.8 Å². The summed E-state index contributed by atoms with van der Waals surface area (Å²) in [4.78, 5) is 20.0. The Morgan fingerprint density at radius 1 is 1.03 bits per heavy atom. The molecule has 4 rings (SSSR count). The van der Waals surface area contributed by atoms with Gasteiger partial charge in [0.25, 0.3) is 0 Å². The lowest BCUT2D eigenvalue weighted by atomic mass is 10.2. The monoisotopic (exact) mass is 416 g/mol. The molecule has 0 saturated carbocycles. The molecule has 0 unspecified atom stereocenters. The van der Waals surface area contributed by atoms with Gasteiger partial charge in [0.1, 0.15) is 0 Å². The quantitative estimate of drug-likeness (QED) is 0.525. The molecular weight excluding hydrogens is 401 g/mol. The summed E-state index contributed by atoms with van der Waals surface area (Å²) < 4.78 is 42.9. The van der Waals surface area contributed by atoms with Gasteiger partial charge in [-0.05, 0) is 49.2 Å². The number of halogens is 3. The molecule has 4 aromatic rings. The predicted molar refractivity (Wildman–Crippen MR) is 106 cm³/mol. The van der Waals surface area contributed by atoms with E-state index in [9.17, 15) is 18.0 Å². The molecule has 1 N–H and O–H groups in total. The summed E-state index contributed by atoms with van der Waals surface area (Å²) in [7, 11) is 0. The highest BCUT2D eigenvalue weighted by Gasteiger charge is 2.13. The van der Waals surface area contributed by atoms with E-state index in [1.54, 1.807) is 0 Å². The minimum Gasteiger partial charge on any atom is -0.325 e. The molecule has 0 saturated heterocycles. The average Bonchev–Trinajstić information content (AvgIpc) is 3.01. The van der Waals surface area contributed by atoms with Gasteiger partial charge in [-0.2, -0.15) is 9.37 Å². The largest absolute Gasteiger partial charge is 0.325 e. The Kier molecular flexibility index (Phi) is 4.83. The average molecular weight is 416 g/mol. The van der Waals surface area contributed by atoms with Crippen molar-refractivity contribution in [3.05, 3.63) is 80.5 Å². The van der Waals surface area contributed by atoms with Crippen LogP contribution in [0, 0.1) is 31.3 Å². The number of hydrogen-bond acceptors (Lipinski definition) is 5. The van der Waals surface area contributed by atoms with Crippen molar-refractivity contribution in [2.75, 3.05) is 5.32 Å². The second-order valence-corrected chi connectivity index (χ2v) is 7.82. The molecule has 2 aromatic heterocycles. The van der Waals surface area contributed by atoms with E-state index in [0.29, 0.717) is 11.3 Å². The summed E-state index contributed by atoms with van der Waals surface area (Å²) in [5.41, 5.74) is 1.78. The zero-order chi connectivity index (χ0) is 20.7. The van der Waals surface area contributed by atoms with Crippen molar-refractivity contribution < 1.29 is 13.2 Å². The molecule has 2 heterocycles. The summed E-state index contributed by atoms with van der Waals surface area (Å²) in [6.45, 7) is 3.77. The van der Waals surface area contributed by atoms with E-state index in [-0.39, 0.29) is 12.5 Å². The first-order valence-corrected chi connectivity index (χ1v) is 9.47. The lowest BCUT2D eigenvalue weighted by molar-refractivity contribution is 0.506. The van der Waals surface area contributed by atoms with Gasteiger partial charge in [0, 0.05) is 11.9 Å². The Balaban J connectivity index is 1.75. The van der Waals surface area contributed by atoms with Gasteiger partial charge in [0.2, 0.25) is 11.8 Å². The highest BCUT2D eigenvalue weighted by Crippen LogP contribution is 2.29. The zero-order valence-electron chi connectivity index (χ0n) is 15.5. The van der Waals surface area contributed by atoms with Gasteiger partial charge in [-0.25, -0.2) is 13.8 Å². The maximum Gasteiger partial charge on any atom is 0.310 e. The molecule has 0 bridgehead atoms. The van der Waals surface area contributed by atoms with Crippen LogP contribution < -0.4 is 10.9 Å². The molecule has 0 radical (unpaired) electrons. The lowest BCUT2D eigenvalue weighted by Crippen LogP contribution is -2.20. The predicted octanol–water partition coefficient (Wildman–Crippen LogP) is 4.68. The highest BCUT2D eigenvalue weighted by molar-refractivity contribution is 7.18. The fourth-order valence-corrected chi connectivity index (χ4v) is 3.82. The van der Waals surface area contributed by atoms with Crippen LogP contribution in [0.1, 0.15) is 16.1 Å². The fourth-order valence-electron chi connectivity index (χ4n) is 2.97. The van der Waals surface area contributed by atoms with Gasteiger partial charge in [0.05, 0.1) is 21.8 Å². The lowest BCUT2D eigenvalue weighted by Gasteiger charge is -2.15. The van der Waals surface area contributed by atoms with Gasteiger partial charge in [-0.1, -0.05) is 6.07 Å². The van der Waals surface area contributed by atoms with Crippen LogP contribution in [0.15, 0.2) is 41.3 Å². The smallest absolute Gasteiger partial charge is 0.310 e. The molecule has 148 valence electrons. The van der Waals surface area contributed by atoms with Crippen molar-refractivity contribution in [2.24, 2.45) is 0 Å². The van der Waals surface area contributed by atoms with Crippen LogP contribution in [0.25, 0.3) is 10.2 Å². The second-order valence-electron chi connectivity index (χ2n) is 6.59. The first-order valence-electron chi connectivity index (χ1n) is 8.66. The number of aryl methyl sites for hydroxylation is 2. The van der Waals surface area contributed by atoms with Gasteiger partial charge in [-0.3, -0.25) is 4.79 Å². The fraction of sp³-hybridized carbons (Fsp3) is 0.150. The molecular formula is C20H15F3N4OS. The molecule has 0 amide bonds. The highest BCUT2D eigenvalue weighted by atomic mass is 32.1. The Hall–Kier alpha value is -3.20. The minimum absolute atomic E-state index is 0.00924. The van der Waals surface area contributed by atoms with Crippen LogP contribution in [-0.2, 0) is 6.54 Å². The van der Waals surface area contributed by atoms with E-state index in [1.807, 2.05) is 26.0 Å². The maximum atomic E-state index is 13.9. The summed E-state index contributed by atoms with van der Waals surface area (Å²) in [6.07, 6.45) is 0.990. The molecule has 0 atom stereocenters. The molecule has 29 heavy (non-hydrogen) atoms. The van der Waals surface area contributed by atoms with Crippen LogP contribution in [0.2, 0.25) is 0 Å². The van der Waals surface area contributed by atoms with Crippen LogP contribution >= 0.6 is 11.3 Å². The Morgan fingerprint density at radius 3 is 2.59 bits per heavy atom. The number of anilines is 2. The van der Waals surface area contributed by atoms with Crippen molar-refractivity contribution in [1.29, 1.82) is 0 Å². The zero-order valence-corrected chi connectivity index (χ0v) is 16.3. The van der Waals surface area contributed by atoms with Crippen molar-refractivity contribution in [1.82, 2.24) is 14.5 Å². The number of fused-ring (bicyclic) bond motifs is 1. The SMILES string of the molecule is Cc1nc2cc(C)c(Nc3nc(=O)c(F)cn3Cc3ccc(F)c(F)c3)cc2s1. The van der Waals surface area contributed by atoms with E-state index in [1.165, 1.54) is 22.0 Å². The van der Waals surface area contributed by atoms with Crippen molar-refractivity contribution in [3.8, 4) is 0 Å². The van der Waals surface area contributed by atoms with E-state index < -0.39 is 23.0 Å². The third-order valence-corrected chi connectivity index (χ3v) is 5.31. The molecule has 0 aliphatic heterocycles. The van der Waals surface area contributed by atoms with Crippen LogP contribution in [0.4, 0.5) is 24.8 Å². The molecule has 0 aliphatic rings. The standard InChI is InChI=1S/C20H15F3N4OS/c1-10-5-17-18(29-11(2)24-17)7-16(10)25-20-26-19(28)15(23)9-27(20)8-12-3-4-13(21)14(22)6-12/h3-7,9H,8H2,1-2H3,(H,25,26,28). The number of rotatable bonds is 4. The Labute approximate surface area is 167 Å². The number of thiazole rings is 1. The molecule has 2 aromatic carbocycles. The third kappa shape index (κ3) is 3.86. The molecule has 0 spiro atoms. The normalized spacial score (nSPS) is 11.2. The minimum atomic E-state index is -1.04. The number of hydrogen-bond donors (Lipinski definition) is 1. The van der Waals surface area contributed by atoms with Crippen LogP contribution in [0.5, 0.6) is 0 Å². The number of nitrogens with one attached hydrogen (secondary N) is 1. The summed E-state index contributed by atoms with van der Waals surface area (Å²) in [5.74, 6) is -2.93. The summed E-state index contributed by atoms with van der Waals surface area (Å²) in [6, 6.07) is 7.19. The van der Waals surface area contributed by atoms with E-state index in [0.717, 1.165) is 39.1 Å². The van der Waals surface area contributed by atoms with Crippen LogP contribution in [0.3, 0.4) is 0 Å². The molecule has 9 heteroatoms. The van der Waals surface area contributed by atoms with Gasteiger partial charge in [-0.15, -0.1) is 11.3 Å². The first kappa shape index (κ1) is 19.1. The summed E-state index contributed by atoms with van der Waals surface area (Å²) >= 11 is 1.52. The van der Waals surface area contributed by atoms with Crippen molar-refractivity contribution >= 4 is 33.2 Å². The van der Waals surface area contributed by atoms with Crippen LogP contribution in [-0.4, -0.2) is 14.5 Å². The Morgan fingerprint density at radius 2 is 1.83 bits per heavy atom. The molecule has 0 aliphatic carbocycles. The third-order valence-electron chi connectivity index (χ3n) is 4.38. The van der Waals surface area contributed by atoms with Crippen molar-refractivity contribution in [3.63, 3.8) is 0 Å². The molecule has 0 fully saturated rings. The Bertz CT molecular complexity index is 1300. The van der Waals surface area contributed by atoms with E-state index >= 15 is 0 Å².